The summed E-state index contributed by atoms with van der Waals surface area (Å²) in [4.78, 5) is 18.3. The zero-order chi connectivity index (χ0) is 15.4. The van der Waals surface area contributed by atoms with E-state index in [1.54, 1.807) is 0 Å². The van der Waals surface area contributed by atoms with Crippen molar-refractivity contribution in [2.75, 3.05) is 24.6 Å². The summed E-state index contributed by atoms with van der Waals surface area (Å²) in [5.74, 6) is 1.01. The molecule has 1 aromatic heterocycles. The molecule has 2 heterocycles. The molecule has 0 spiro atoms. The first-order valence-corrected chi connectivity index (χ1v) is 7.79. The molecule has 0 radical (unpaired) electrons. The van der Waals surface area contributed by atoms with Gasteiger partial charge in [0.25, 0.3) is 0 Å². The minimum atomic E-state index is -0.315. The number of carbonyl (C=O) groups is 1. The maximum atomic E-state index is 11.4. The number of alkyl carbamates (subject to hydrolysis) is 1. The number of carbonyl (C=O) groups excluding carboxylic acids is 1. The molecule has 3 rings (SSSR count). The van der Waals surface area contributed by atoms with Crippen molar-refractivity contribution in [3.8, 4) is 0 Å². The van der Waals surface area contributed by atoms with E-state index in [9.17, 15) is 4.79 Å². The number of pyridine rings is 1. The summed E-state index contributed by atoms with van der Waals surface area (Å²) in [7, 11) is 0. The van der Waals surface area contributed by atoms with Crippen LogP contribution in [0, 0.1) is 0 Å². The quantitative estimate of drug-likeness (QED) is 0.946. The molecule has 2 aromatic rings. The van der Waals surface area contributed by atoms with Crippen LogP contribution in [0.25, 0.3) is 10.8 Å². The van der Waals surface area contributed by atoms with Gasteiger partial charge in [-0.15, -0.1) is 0 Å². The molecule has 1 fully saturated rings. The van der Waals surface area contributed by atoms with E-state index in [1.165, 1.54) is 5.39 Å². The second kappa shape index (κ2) is 6.64. The number of hydrogen-bond acceptors (Lipinski definition) is 4. The maximum absolute atomic E-state index is 11.4. The van der Waals surface area contributed by atoms with Crippen LogP contribution in [0.5, 0.6) is 0 Å². The van der Waals surface area contributed by atoms with Crippen LogP contribution in [0.1, 0.15) is 19.8 Å². The summed E-state index contributed by atoms with van der Waals surface area (Å²) >= 11 is 0. The maximum Gasteiger partial charge on any atom is 0.407 e. The van der Waals surface area contributed by atoms with Gasteiger partial charge in [-0.25, -0.2) is 9.78 Å². The number of fused-ring (bicyclic) bond motifs is 1. The van der Waals surface area contributed by atoms with Crippen LogP contribution in [-0.4, -0.2) is 36.8 Å². The van der Waals surface area contributed by atoms with Crippen LogP contribution < -0.4 is 10.2 Å². The number of rotatable bonds is 3. The summed E-state index contributed by atoms with van der Waals surface area (Å²) in [6, 6.07) is 10.6. The Kier molecular flexibility index (Phi) is 4.42. The third-order valence-corrected chi connectivity index (χ3v) is 4.03. The Morgan fingerprint density at radius 1 is 1.32 bits per heavy atom. The second-order valence-corrected chi connectivity index (χ2v) is 5.52. The van der Waals surface area contributed by atoms with Gasteiger partial charge in [0.2, 0.25) is 0 Å². The van der Waals surface area contributed by atoms with Gasteiger partial charge in [-0.1, -0.05) is 24.3 Å². The second-order valence-electron chi connectivity index (χ2n) is 5.52. The van der Waals surface area contributed by atoms with Crippen molar-refractivity contribution in [1.29, 1.82) is 0 Å². The van der Waals surface area contributed by atoms with Crippen LogP contribution in [0.4, 0.5) is 10.6 Å². The van der Waals surface area contributed by atoms with Gasteiger partial charge in [0.05, 0.1) is 6.61 Å². The fourth-order valence-electron chi connectivity index (χ4n) is 2.84. The van der Waals surface area contributed by atoms with Crippen molar-refractivity contribution in [3.05, 3.63) is 36.5 Å². The van der Waals surface area contributed by atoms with Crippen LogP contribution in [0.15, 0.2) is 36.5 Å². The van der Waals surface area contributed by atoms with Crippen LogP contribution >= 0.6 is 0 Å². The van der Waals surface area contributed by atoms with Crippen molar-refractivity contribution in [2.24, 2.45) is 0 Å². The summed E-state index contributed by atoms with van der Waals surface area (Å²) in [5.41, 5.74) is 0. The summed E-state index contributed by atoms with van der Waals surface area (Å²) < 4.78 is 4.93. The number of ether oxygens (including phenoxy) is 1. The molecule has 5 nitrogen and oxygen atoms in total. The number of hydrogen-bond donors (Lipinski definition) is 1. The molecule has 0 atom stereocenters. The smallest absolute Gasteiger partial charge is 0.407 e. The lowest BCUT2D eigenvalue weighted by Crippen LogP contribution is -2.45. The molecule has 22 heavy (non-hydrogen) atoms. The number of piperidine rings is 1. The molecule has 1 N–H and O–H groups in total. The third-order valence-electron chi connectivity index (χ3n) is 4.03. The predicted octanol–water partition coefficient (Wildman–Crippen LogP) is 2.95. The van der Waals surface area contributed by atoms with Crippen LogP contribution in [0.2, 0.25) is 0 Å². The first-order valence-electron chi connectivity index (χ1n) is 7.79. The minimum absolute atomic E-state index is 0.191. The predicted molar refractivity (Wildman–Crippen MR) is 87.1 cm³/mol. The lowest BCUT2D eigenvalue weighted by Gasteiger charge is -2.33. The van der Waals surface area contributed by atoms with E-state index < -0.39 is 0 Å². The largest absolute Gasteiger partial charge is 0.450 e. The lowest BCUT2D eigenvalue weighted by atomic mass is 10.0. The zero-order valence-electron chi connectivity index (χ0n) is 12.8. The lowest BCUT2D eigenvalue weighted by molar-refractivity contribution is 0.146. The SMILES string of the molecule is CCOC(=O)NC1CCN(c2cc3ccccc3cn2)CC1. The normalized spacial score (nSPS) is 15.8. The van der Waals surface area contributed by atoms with Gasteiger partial charge >= 0.3 is 6.09 Å². The molecule has 0 aliphatic carbocycles. The Hall–Kier alpha value is -2.30. The number of nitrogens with one attached hydrogen (secondary N) is 1. The van der Waals surface area contributed by atoms with Gasteiger partial charge in [-0.3, -0.25) is 0 Å². The standard InChI is InChI=1S/C17H21N3O2/c1-2-22-17(21)19-15-7-9-20(10-8-15)16-11-13-5-3-4-6-14(13)12-18-16/h3-6,11-12,15H,2,7-10H2,1H3,(H,19,21). The highest BCUT2D eigenvalue weighted by Crippen LogP contribution is 2.22. The van der Waals surface area contributed by atoms with Crippen molar-refractivity contribution < 1.29 is 9.53 Å². The molecule has 116 valence electrons. The van der Waals surface area contributed by atoms with Gasteiger partial charge in [0.1, 0.15) is 5.82 Å². The highest BCUT2D eigenvalue weighted by atomic mass is 16.5. The molecule has 1 amide bonds. The number of anilines is 1. The van der Waals surface area contributed by atoms with Crippen molar-refractivity contribution in [3.63, 3.8) is 0 Å². The number of aromatic nitrogens is 1. The van der Waals surface area contributed by atoms with Gasteiger partial charge in [-0.2, -0.15) is 0 Å². The van der Waals surface area contributed by atoms with E-state index in [1.807, 2.05) is 25.3 Å². The van der Waals surface area contributed by atoms with Crippen molar-refractivity contribution >= 4 is 22.7 Å². The Bertz CT molecular complexity index is 651. The topological polar surface area (TPSA) is 54.5 Å². The highest BCUT2D eigenvalue weighted by molar-refractivity contribution is 5.83. The molecule has 1 aromatic carbocycles. The molecular formula is C17H21N3O2. The molecule has 0 bridgehead atoms. The average molecular weight is 299 g/mol. The fraction of sp³-hybridized carbons (Fsp3) is 0.412. The van der Waals surface area contributed by atoms with Crippen LogP contribution in [0.3, 0.4) is 0 Å². The Morgan fingerprint density at radius 2 is 2.05 bits per heavy atom. The van der Waals surface area contributed by atoms with Gasteiger partial charge in [-0.05, 0) is 31.2 Å². The monoisotopic (exact) mass is 299 g/mol. The first kappa shape index (κ1) is 14.6. The van der Waals surface area contributed by atoms with Gasteiger partial charge in [0.15, 0.2) is 0 Å². The highest BCUT2D eigenvalue weighted by Gasteiger charge is 2.21. The van der Waals surface area contributed by atoms with E-state index in [2.05, 4.69) is 33.4 Å². The van der Waals surface area contributed by atoms with E-state index in [-0.39, 0.29) is 12.1 Å². The van der Waals surface area contributed by atoms with Crippen molar-refractivity contribution in [1.82, 2.24) is 10.3 Å². The fourth-order valence-corrected chi connectivity index (χ4v) is 2.84. The van der Waals surface area contributed by atoms with Crippen molar-refractivity contribution in [2.45, 2.75) is 25.8 Å². The molecule has 0 unspecified atom stereocenters. The number of benzene rings is 1. The van der Waals surface area contributed by atoms with Crippen LogP contribution in [-0.2, 0) is 4.74 Å². The molecular weight excluding hydrogens is 278 g/mol. The number of nitrogens with zero attached hydrogens (tertiary/aromatic N) is 2. The van der Waals surface area contributed by atoms with E-state index in [0.29, 0.717) is 6.61 Å². The number of amides is 1. The minimum Gasteiger partial charge on any atom is -0.450 e. The van der Waals surface area contributed by atoms with Gasteiger partial charge in [0, 0.05) is 30.7 Å². The van der Waals surface area contributed by atoms with E-state index >= 15 is 0 Å². The Morgan fingerprint density at radius 3 is 2.77 bits per heavy atom. The molecule has 0 saturated carbocycles. The molecule has 5 heteroatoms. The summed E-state index contributed by atoms with van der Waals surface area (Å²) in [5, 5.41) is 5.28. The molecule has 1 aliphatic rings. The van der Waals surface area contributed by atoms with E-state index in [0.717, 1.165) is 37.1 Å². The molecule has 1 saturated heterocycles. The summed E-state index contributed by atoms with van der Waals surface area (Å²) in [6.07, 6.45) is 3.43. The summed E-state index contributed by atoms with van der Waals surface area (Å²) in [6.45, 7) is 4.00. The Labute approximate surface area is 130 Å². The van der Waals surface area contributed by atoms with E-state index in [4.69, 9.17) is 4.74 Å². The Balaban J connectivity index is 1.61. The average Bonchev–Trinajstić information content (AvgIpc) is 2.55. The third kappa shape index (κ3) is 3.30. The zero-order valence-corrected chi connectivity index (χ0v) is 12.8. The molecule has 1 aliphatic heterocycles. The van der Waals surface area contributed by atoms with Gasteiger partial charge < -0.3 is 15.0 Å². The first-order chi connectivity index (χ1) is 10.8.